The second-order valence-corrected chi connectivity index (χ2v) is 5.22. The molecule has 19 heavy (non-hydrogen) atoms. The summed E-state index contributed by atoms with van der Waals surface area (Å²) in [5.41, 5.74) is 1.26. The van der Waals surface area contributed by atoms with Crippen LogP contribution in [0.25, 0.3) is 0 Å². The molecule has 0 amide bonds. The Hall–Kier alpha value is -1.26. The maximum atomic E-state index is 5.34. The van der Waals surface area contributed by atoms with Crippen molar-refractivity contribution in [1.29, 1.82) is 0 Å². The van der Waals surface area contributed by atoms with Gasteiger partial charge in [0.15, 0.2) is 0 Å². The highest BCUT2D eigenvalue weighted by Crippen LogP contribution is 2.24. The van der Waals surface area contributed by atoms with Gasteiger partial charge in [-0.1, -0.05) is 6.07 Å². The molecule has 0 saturated carbocycles. The van der Waals surface area contributed by atoms with E-state index in [1.165, 1.54) is 18.7 Å². The van der Waals surface area contributed by atoms with Crippen molar-refractivity contribution >= 4 is 5.69 Å². The van der Waals surface area contributed by atoms with Gasteiger partial charge in [-0.3, -0.25) is 0 Å². The molecule has 1 saturated heterocycles. The van der Waals surface area contributed by atoms with Crippen LogP contribution in [0.1, 0.15) is 6.42 Å². The summed E-state index contributed by atoms with van der Waals surface area (Å²) in [5, 5.41) is 3.31. The molecule has 2 rings (SSSR count). The van der Waals surface area contributed by atoms with E-state index in [2.05, 4.69) is 40.4 Å². The fraction of sp³-hybridized carbons (Fsp3) is 0.600. The number of rotatable bonds is 4. The van der Waals surface area contributed by atoms with E-state index in [1.807, 2.05) is 13.1 Å². The molecule has 0 aromatic heterocycles. The molecule has 1 N–H and O–H groups in total. The zero-order valence-electron chi connectivity index (χ0n) is 12.2. The van der Waals surface area contributed by atoms with E-state index in [0.29, 0.717) is 6.04 Å². The van der Waals surface area contributed by atoms with Crippen molar-refractivity contribution < 1.29 is 4.74 Å². The largest absolute Gasteiger partial charge is 0.497 e. The normalized spacial score (nSPS) is 21.2. The van der Waals surface area contributed by atoms with E-state index in [9.17, 15) is 0 Å². The zero-order chi connectivity index (χ0) is 13.7. The summed E-state index contributed by atoms with van der Waals surface area (Å²) in [4.78, 5) is 4.92. The highest BCUT2D eigenvalue weighted by atomic mass is 16.5. The highest BCUT2D eigenvalue weighted by Gasteiger charge is 2.23. The monoisotopic (exact) mass is 263 g/mol. The minimum Gasteiger partial charge on any atom is -0.497 e. The van der Waals surface area contributed by atoms with Gasteiger partial charge in [0.2, 0.25) is 0 Å². The molecule has 1 aromatic rings. The molecule has 1 aromatic carbocycles. The smallest absolute Gasteiger partial charge is 0.120 e. The van der Waals surface area contributed by atoms with Gasteiger partial charge in [-0.05, 0) is 39.2 Å². The van der Waals surface area contributed by atoms with Crippen LogP contribution in [0.15, 0.2) is 24.3 Å². The summed E-state index contributed by atoms with van der Waals surface area (Å²) in [6, 6.07) is 8.88. The SMILES string of the molecule is CNCC1CN(C)CCCN1c1cccc(OC)c1. The third-order valence-corrected chi connectivity index (χ3v) is 3.73. The Balaban J connectivity index is 2.21. The predicted octanol–water partition coefficient (Wildman–Crippen LogP) is 1.43. The Morgan fingerprint density at radius 3 is 2.95 bits per heavy atom. The van der Waals surface area contributed by atoms with Gasteiger partial charge in [0.1, 0.15) is 5.75 Å². The van der Waals surface area contributed by atoms with Crippen LogP contribution in [0.3, 0.4) is 0 Å². The molecule has 1 atom stereocenters. The van der Waals surface area contributed by atoms with Crippen LogP contribution in [0.5, 0.6) is 5.75 Å². The molecule has 1 aliphatic heterocycles. The predicted molar refractivity (Wildman–Crippen MR) is 80.2 cm³/mol. The number of ether oxygens (including phenoxy) is 1. The number of hydrogen-bond acceptors (Lipinski definition) is 4. The van der Waals surface area contributed by atoms with Gasteiger partial charge in [-0.2, -0.15) is 0 Å². The summed E-state index contributed by atoms with van der Waals surface area (Å²) in [7, 11) is 5.95. The molecular weight excluding hydrogens is 238 g/mol. The van der Waals surface area contributed by atoms with Crippen LogP contribution in [0, 0.1) is 0 Å². The molecule has 1 unspecified atom stereocenters. The van der Waals surface area contributed by atoms with Crippen molar-refractivity contribution in [1.82, 2.24) is 10.2 Å². The Labute approximate surface area is 116 Å². The minimum absolute atomic E-state index is 0.504. The molecular formula is C15H25N3O. The summed E-state index contributed by atoms with van der Waals surface area (Å²) in [6.45, 7) is 4.37. The summed E-state index contributed by atoms with van der Waals surface area (Å²) in [5.74, 6) is 0.929. The van der Waals surface area contributed by atoms with Crippen molar-refractivity contribution in [3.05, 3.63) is 24.3 Å². The lowest BCUT2D eigenvalue weighted by Gasteiger charge is -2.33. The lowest BCUT2D eigenvalue weighted by Crippen LogP contribution is -2.46. The standard InChI is InChI=1S/C15H25N3O/c1-16-11-14-12-17(2)8-5-9-18(14)13-6-4-7-15(10-13)19-3/h4,6-7,10,14,16H,5,8-9,11-12H2,1-3H3. The molecule has 0 aliphatic carbocycles. The van der Waals surface area contributed by atoms with Crippen molar-refractivity contribution in [2.75, 3.05) is 52.3 Å². The van der Waals surface area contributed by atoms with E-state index >= 15 is 0 Å². The van der Waals surface area contributed by atoms with E-state index in [0.717, 1.165) is 25.4 Å². The molecule has 0 radical (unpaired) electrons. The number of anilines is 1. The summed E-state index contributed by atoms with van der Waals surface area (Å²) < 4.78 is 5.34. The Kier molecular flexibility index (Phi) is 5.05. The van der Waals surface area contributed by atoms with Gasteiger partial charge < -0.3 is 19.9 Å². The van der Waals surface area contributed by atoms with Crippen LogP contribution in [-0.2, 0) is 0 Å². The molecule has 1 heterocycles. The Bertz CT molecular complexity index is 397. The molecule has 0 spiro atoms. The van der Waals surface area contributed by atoms with Gasteiger partial charge >= 0.3 is 0 Å². The summed E-state index contributed by atoms with van der Waals surface area (Å²) in [6.07, 6.45) is 1.20. The second-order valence-electron chi connectivity index (χ2n) is 5.22. The molecule has 0 bridgehead atoms. The van der Waals surface area contributed by atoms with Crippen LogP contribution >= 0.6 is 0 Å². The number of nitrogens with one attached hydrogen (secondary N) is 1. The summed E-state index contributed by atoms with van der Waals surface area (Å²) >= 11 is 0. The second kappa shape index (κ2) is 6.78. The van der Waals surface area contributed by atoms with Gasteiger partial charge in [0.05, 0.1) is 13.2 Å². The Morgan fingerprint density at radius 1 is 1.37 bits per heavy atom. The van der Waals surface area contributed by atoms with Crippen molar-refractivity contribution in [3.8, 4) is 5.75 Å². The van der Waals surface area contributed by atoms with E-state index in [4.69, 9.17) is 4.74 Å². The number of benzene rings is 1. The first-order valence-corrected chi connectivity index (χ1v) is 6.98. The molecule has 4 heteroatoms. The number of nitrogens with zero attached hydrogens (tertiary/aromatic N) is 2. The molecule has 1 aliphatic rings. The maximum Gasteiger partial charge on any atom is 0.120 e. The van der Waals surface area contributed by atoms with Gasteiger partial charge in [-0.25, -0.2) is 0 Å². The average molecular weight is 263 g/mol. The fourth-order valence-corrected chi connectivity index (χ4v) is 2.78. The first-order valence-electron chi connectivity index (χ1n) is 6.98. The number of methoxy groups -OCH3 is 1. The molecule has 106 valence electrons. The highest BCUT2D eigenvalue weighted by molar-refractivity contribution is 5.52. The van der Waals surface area contributed by atoms with Crippen LogP contribution in [0.2, 0.25) is 0 Å². The van der Waals surface area contributed by atoms with Crippen molar-refractivity contribution in [2.24, 2.45) is 0 Å². The average Bonchev–Trinajstić information content (AvgIpc) is 2.61. The first-order chi connectivity index (χ1) is 9.24. The topological polar surface area (TPSA) is 27.7 Å². The van der Waals surface area contributed by atoms with Crippen LogP contribution < -0.4 is 15.0 Å². The lowest BCUT2D eigenvalue weighted by atomic mass is 10.2. The minimum atomic E-state index is 0.504. The van der Waals surface area contributed by atoms with Crippen LogP contribution in [0.4, 0.5) is 5.69 Å². The first kappa shape index (κ1) is 14.2. The quantitative estimate of drug-likeness (QED) is 0.889. The number of likely N-dealkylation sites (N-methyl/N-ethyl adjacent to an activating group) is 2. The van der Waals surface area contributed by atoms with E-state index in [-0.39, 0.29) is 0 Å². The zero-order valence-corrected chi connectivity index (χ0v) is 12.2. The maximum absolute atomic E-state index is 5.34. The molecule has 1 fully saturated rings. The van der Waals surface area contributed by atoms with Crippen LogP contribution in [-0.4, -0.2) is 58.3 Å². The third-order valence-electron chi connectivity index (χ3n) is 3.73. The van der Waals surface area contributed by atoms with Crippen molar-refractivity contribution in [3.63, 3.8) is 0 Å². The number of hydrogen-bond donors (Lipinski definition) is 1. The van der Waals surface area contributed by atoms with Gasteiger partial charge in [-0.15, -0.1) is 0 Å². The van der Waals surface area contributed by atoms with Gasteiger partial charge in [0, 0.05) is 31.4 Å². The Morgan fingerprint density at radius 2 is 2.21 bits per heavy atom. The lowest BCUT2D eigenvalue weighted by molar-refractivity contribution is 0.328. The van der Waals surface area contributed by atoms with E-state index < -0.39 is 0 Å². The van der Waals surface area contributed by atoms with Crippen molar-refractivity contribution in [2.45, 2.75) is 12.5 Å². The van der Waals surface area contributed by atoms with E-state index in [1.54, 1.807) is 7.11 Å². The third kappa shape index (κ3) is 3.61. The fourth-order valence-electron chi connectivity index (χ4n) is 2.78. The van der Waals surface area contributed by atoms with Gasteiger partial charge in [0.25, 0.3) is 0 Å². The molecule has 4 nitrogen and oxygen atoms in total.